The summed E-state index contributed by atoms with van der Waals surface area (Å²) >= 11 is 0. The number of carboxylic acid groups (broad SMARTS) is 1. The Labute approximate surface area is 107 Å². The van der Waals surface area contributed by atoms with E-state index in [2.05, 4.69) is 10.6 Å². The van der Waals surface area contributed by atoms with Crippen LogP contribution in [0.2, 0.25) is 0 Å². The fourth-order valence-corrected chi connectivity index (χ4v) is 2.04. The zero-order valence-electron chi connectivity index (χ0n) is 11.0. The smallest absolute Gasteiger partial charge is 0.329 e. The Bertz CT molecular complexity index is 302. The number of hydrogen-bond acceptors (Lipinski definition) is 3. The van der Waals surface area contributed by atoms with Crippen molar-refractivity contribution in [3.8, 4) is 0 Å². The molecular weight excluding hydrogens is 236 g/mol. The van der Waals surface area contributed by atoms with Crippen LogP contribution in [0.25, 0.3) is 0 Å². The quantitative estimate of drug-likeness (QED) is 0.689. The fourth-order valence-electron chi connectivity index (χ4n) is 2.04. The van der Waals surface area contributed by atoms with Crippen LogP contribution in [-0.4, -0.2) is 41.9 Å². The lowest BCUT2D eigenvalue weighted by molar-refractivity contribution is -0.144. The third-order valence-electron chi connectivity index (χ3n) is 3.17. The summed E-state index contributed by atoms with van der Waals surface area (Å²) < 4.78 is 5.19. The van der Waals surface area contributed by atoms with Crippen molar-refractivity contribution < 1.29 is 19.4 Å². The number of aliphatic carboxylic acids is 1. The van der Waals surface area contributed by atoms with Crippen LogP contribution in [0.1, 0.15) is 39.5 Å². The van der Waals surface area contributed by atoms with Crippen molar-refractivity contribution >= 4 is 12.0 Å². The van der Waals surface area contributed by atoms with E-state index in [-0.39, 0.29) is 6.04 Å². The van der Waals surface area contributed by atoms with Crippen LogP contribution < -0.4 is 10.6 Å². The average molecular weight is 258 g/mol. The largest absolute Gasteiger partial charge is 0.480 e. The molecule has 0 saturated carbocycles. The molecule has 18 heavy (non-hydrogen) atoms. The molecule has 1 rings (SSSR count). The van der Waals surface area contributed by atoms with E-state index in [0.29, 0.717) is 26.1 Å². The van der Waals surface area contributed by atoms with E-state index < -0.39 is 17.5 Å². The molecule has 6 nitrogen and oxygen atoms in total. The van der Waals surface area contributed by atoms with Gasteiger partial charge in [0.05, 0.1) is 0 Å². The number of carbonyl (C=O) groups excluding carboxylic acids is 1. The van der Waals surface area contributed by atoms with E-state index in [1.807, 2.05) is 6.92 Å². The van der Waals surface area contributed by atoms with E-state index in [1.165, 1.54) is 6.92 Å². The maximum Gasteiger partial charge on any atom is 0.329 e. The average Bonchev–Trinajstić information content (AvgIpc) is 2.30. The van der Waals surface area contributed by atoms with Crippen LogP contribution in [0, 0.1) is 0 Å². The predicted molar refractivity (Wildman–Crippen MR) is 66.5 cm³/mol. The summed E-state index contributed by atoms with van der Waals surface area (Å²) in [7, 11) is 0. The van der Waals surface area contributed by atoms with Crippen LogP contribution in [0.3, 0.4) is 0 Å². The van der Waals surface area contributed by atoms with Gasteiger partial charge in [0.1, 0.15) is 5.54 Å². The number of urea groups is 1. The van der Waals surface area contributed by atoms with Gasteiger partial charge in [0, 0.05) is 19.3 Å². The molecule has 0 aromatic heterocycles. The molecule has 0 aromatic carbocycles. The van der Waals surface area contributed by atoms with Gasteiger partial charge < -0.3 is 20.5 Å². The Morgan fingerprint density at radius 2 is 2.00 bits per heavy atom. The molecule has 0 spiro atoms. The number of ether oxygens (including phenoxy) is 1. The second-order valence-corrected chi connectivity index (χ2v) is 4.87. The standard InChI is InChI=1S/C12H22N2O4/c1-3-6-12(2,10(15)16)14-11(17)13-9-4-7-18-8-5-9/h9H,3-8H2,1-2H3,(H,15,16)(H2,13,14,17). The fraction of sp³-hybridized carbons (Fsp3) is 0.833. The van der Waals surface area contributed by atoms with Gasteiger partial charge in [-0.1, -0.05) is 13.3 Å². The molecule has 1 fully saturated rings. The Morgan fingerprint density at radius 3 is 2.50 bits per heavy atom. The molecule has 2 amide bonds. The molecule has 1 atom stereocenters. The lowest BCUT2D eigenvalue weighted by Gasteiger charge is -2.28. The zero-order valence-corrected chi connectivity index (χ0v) is 11.0. The van der Waals surface area contributed by atoms with Crippen molar-refractivity contribution in [3.05, 3.63) is 0 Å². The number of nitrogens with one attached hydrogen (secondary N) is 2. The number of amides is 2. The topological polar surface area (TPSA) is 87.7 Å². The Morgan fingerprint density at radius 1 is 1.39 bits per heavy atom. The number of hydrogen-bond donors (Lipinski definition) is 3. The van der Waals surface area contributed by atoms with Crippen molar-refractivity contribution in [2.45, 2.75) is 51.1 Å². The highest BCUT2D eigenvalue weighted by Crippen LogP contribution is 2.13. The van der Waals surface area contributed by atoms with Crippen molar-refractivity contribution in [2.24, 2.45) is 0 Å². The van der Waals surface area contributed by atoms with E-state index in [1.54, 1.807) is 0 Å². The zero-order chi connectivity index (χ0) is 13.6. The Hall–Kier alpha value is -1.30. The van der Waals surface area contributed by atoms with Crippen LogP contribution in [-0.2, 0) is 9.53 Å². The van der Waals surface area contributed by atoms with Gasteiger partial charge in [-0.05, 0) is 26.2 Å². The first-order chi connectivity index (χ1) is 8.48. The first-order valence-corrected chi connectivity index (χ1v) is 6.38. The summed E-state index contributed by atoms with van der Waals surface area (Å²) in [4.78, 5) is 23.0. The predicted octanol–water partition coefficient (Wildman–Crippen LogP) is 1.11. The van der Waals surface area contributed by atoms with Gasteiger partial charge in [0.15, 0.2) is 0 Å². The molecule has 1 aliphatic heterocycles. The van der Waals surface area contributed by atoms with Gasteiger partial charge >= 0.3 is 12.0 Å². The molecule has 104 valence electrons. The van der Waals surface area contributed by atoms with Gasteiger partial charge in [-0.15, -0.1) is 0 Å². The van der Waals surface area contributed by atoms with Gasteiger partial charge in [0.2, 0.25) is 0 Å². The summed E-state index contributed by atoms with van der Waals surface area (Å²) in [5.41, 5.74) is -1.20. The number of carbonyl (C=O) groups is 2. The molecule has 6 heteroatoms. The minimum atomic E-state index is -1.20. The monoisotopic (exact) mass is 258 g/mol. The van der Waals surface area contributed by atoms with Crippen LogP contribution in [0.15, 0.2) is 0 Å². The maximum atomic E-state index is 11.8. The van der Waals surface area contributed by atoms with Gasteiger partial charge in [-0.25, -0.2) is 9.59 Å². The molecule has 0 radical (unpaired) electrons. The van der Waals surface area contributed by atoms with E-state index >= 15 is 0 Å². The lowest BCUT2D eigenvalue weighted by Crippen LogP contribution is -2.57. The third-order valence-corrected chi connectivity index (χ3v) is 3.17. The van der Waals surface area contributed by atoms with E-state index in [4.69, 9.17) is 9.84 Å². The van der Waals surface area contributed by atoms with Gasteiger partial charge in [0.25, 0.3) is 0 Å². The molecule has 0 bridgehead atoms. The summed E-state index contributed by atoms with van der Waals surface area (Å²) in [6.45, 7) is 4.69. The van der Waals surface area contributed by atoms with Crippen molar-refractivity contribution in [1.29, 1.82) is 0 Å². The van der Waals surface area contributed by atoms with Crippen LogP contribution in [0.5, 0.6) is 0 Å². The second kappa shape index (κ2) is 6.58. The minimum Gasteiger partial charge on any atom is -0.480 e. The molecule has 0 aliphatic carbocycles. The summed E-state index contributed by atoms with van der Waals surface area (Å²) in [6.07, 6.45) is 2.64. The van der Waals surface area contributed by atoms with Crippen molar-refractivity contribution in [2.75, 3.05) is 13.2 Å². The first kappa shape index (κ1) is 14.8. The lowest BCUT2D eigenvalue weighted by atomic mass is 9.96. The van der Waals surface area contributed by atoms with Crippen LogP contribution >= 0.6 is 0 Å². The normalized spacial score (nSPS) is 19.9. The van der Waals surface area contributed by atoms with Crippen molar-refractivity contribution in [3.63, 3.8) is 0 Å². The number of rotatable bonds is 5. The number of carboxylic acids is 1. The molecule has 0 aromatic rings. The molecule has 1 unspecified atom stereocenters. The molecular formula is C12H22N2O4. The SMILES string of the molecule is CCCC(C)(NC(=O)NC1CCOCC1)C(=O)O. The summed E-state index contributed by atoms with van der Waals surface area (Å²) in [5.74, 6) is -1.01. The van der Waals surface area contributed by atoms with Gasteiger partial charge in [-0.2, -0.15) is 0 Å². The first-order valence-electron chi connectivity index (χ1n) is 6.38. The molecule has 1 saturated heterocycles. The molecule has 1 aliphatic rings. The van der Waals surface area contributed by atoms with Gasteiger partial charge in [-0.3, -0.25) is 0 Å². The Balaban J connectivity index is 2.48. The second-order valence-electron chi connectivity index (χ2n) is 4.87. The summed E-state index contributed by atoms with van der Waals surface area (Å²) in [6, 6.07) is -0.348. The van der Waals surface area contributed by atoms with Crippen LogP contribution in [0.4, 0.5) is 4.79 Å². The van der Waals surface area contributed by atoms with E-state index in [9.17, 15) is 9.59 Å². The highest BCUT2D eigenvalue weighted by Gasteiger charge is 2.34. The highest BCUT2D eigenvalue weighted by molar-refractivity contribution is 5.85. The molecule has 1 heterocycles. The van der Waals surface area contributed by atoms with E-state index in [0.717, 1.165) is 12.8 Å². The Kier molecular flexibility index (Phi) is 5.40. The van der Waals surface area contributed by atoms with Crippen molar-refractivity contribution in [1.82, 2.24) is 10.6 Å². The minimum absolute atomic E-state index is 0.0680. The summed E-state index contributed by atoms with van der Waals surface area (Å²) in [5, 5.41) is 14.5. The molecule has 3 N–H and O–H groups in total. The maximum absolute atomic E-state index is 11.8. The highest BCUT2D eigenvalue weighted by atomic mass is 16.5. The third kappa shape index (κ3) is 4.18.